The first kappa shape index (κ1) is 15.5. The van der Waals surface area contributed by atoms with Crippen molar-refractivity contribution < 1.29 is 4.79 Å². The van der Waals surface area contributed by atoms with E-state index in [4.69, 9.17) is 0 Å². The summed E-state index contributed by atoms with van der Waals surface area (Å²) in [6.07, 6.45) is 2.75. The Hall–Kier alpha value is -2.37. The van der Waals surface area contributed by atoms with E-state index in [0.717, 1.165) is 35.7 Å². The van der Waals surface area contributed by atoms with Gasteiger partial charge in [0.25, 0.3) is 5.91 Å². The maximum absolute atomic E-state index is 12.7. The Morgan fingerprint density at radius 3 is 2.78 bits per heavy atom. The highest BCUT2D eigenvalue weighted by Crippen LogP contribution is 2.29. The second-order valence-electron chi connectivity index (χ2n) is 6.21. The minimum absolute atomic E-state index is 0.0691. The highest BCUT2D eigenvalue weighted by molar-refractivity contribution is 5.95. The molecule has 1 aliphatic heterocycles. The fourth-order valence-electron chi connectivity index (χ4n) is 3.21. The molecule has 6 nitrogen and oxygen atoms in total. The van der Waals surface area contributed by atoms with E-state index in [1.807, 2.05) is 38.9 Å². The lowest BCUT2D eigenvalue weighted by molar-refractivity contribution is 0.0790. The Bertz CT molecular complexity index is 737. The summed E-state index contributed by atoms with van der Waals surface area (Å²) in [5, 5.41) is 7.43. The van der Waals surface area contributed by atoms with Crippen LogP contribution in [0.2, 0.25) is 0 Å². The van der Waals surface area contributed by atoms with Gasteiger partial charge in [0.05, 0.1) is 11.3 Å². The van der Waals surface area contributed by atoms with E-state index >= 15 is 0 Å². The van der Waals surface area contributed by atoms with Crippen LogP contribution in [0.25, 0.3) is 0 Å². The van der Waals surface area contributed by atoms with Crippen LogP contribution in [0.3, 0.4) is 0 Å². The summed E-state index contributed by atoms with van der Waals surface area (Å²) >= 11 is 0. The van der Waals surface area contributed by atoms with Crippen molar-refractivity contribution in [3.05, 3.63) is 41.0 Å². The predicted molar refractivity (Wildman–Crippen MR) is 89.7 cm³/mol. The zero-order chi connectivity index (χ0) is 16.6. The quantitative estimate of drug-likeness (QED) is 0.942. The average molecular weight is 313 g/mol. The molecule has 0 aromatic carbocycles. The van der Waals surface area contributed by atoms with Crippen LogP contribution >= 0.6 is 0 Å². The molecular formula is C17H23N5O. The van der Waals surface area contributed by atoms with Gasteiger partial charge in [0.1, 0.15) is 0 Å². The molecular weight excluding hydrogens is 290 g/mol. The normalized spacial score (nSPS) is 17.6. The molecule has 0 bridgehead atoms. The van der Waals surface area contributed by atoms with Crippen molar-refractivity contribution in [2.45, 2.75) is 26.2 Å². The van der Waals surface area contributed by atoms with Crippen LogP contribution in [0.5, 0.6) is 0 Å². The molecule has 1 aliphatic rings. The monoisotopic (exact) mass is 313 g/mol. The molecule has 1 fully saturated rings. The number of aryl methyl sites for hydroxylation is 3. The number of anilines is 1. The first-order valence-corrected chi connectivity index (χ1v) is 7.93. The third-order valence-corrected chi connectivity index (χ3v) is 4.40. The minimum Gasteiger partial charge on any atom is -0.388 e. The molecule has 0 aliphatic carbocycles. The lowest BCUT2D eigenvalue weighted by atomic mass is 10.0. The molecule has 2 aromatic rings. The van der Waals surface area contributed by atoms with E-state index in [0.29, 0.717) is 18.0 Å². The molecule has 2 aromatic heterocycles. The van der Waals surface area contributed by atoms with E-state index in [-0.39, 0.29) is 5.91 Å². The average Bonchev–Trinajstić information content (AvgIpc) is 3.12. The molecule has 3 heterocycles. The van der Waals surface area contributed by atoms with E-state index in [1.54, 1.807) is 10.9 Å². The molecule has 1 N–H and O–H groups in total. The van der Waals surface area contributed by atoms with Crippen LogP contribution in [-0.2, 0) is 7.05 Å². The van der Waals surface area contributed by atoms with Crippen molar-refractivity contribution in [1.82, 2.24) is 19.7 Å². The number of nitrogens with one attached hydrogen (secondary N) is 1. The van der Waals surface area contributed by atoms with Gasteiger partial charge in [-0.1, -0.05) is 0 Å². The van der Waals surface area contributed by atoms with Gasteiger partial charge in [-0.05, 0) is 32.4 Å². The number of likely N-dealkylation sites (tertiary alicyclic amines) is 1. The van der Waals surface area contributed by atoms with Gasteiger partial charge in [-0.3, -0.25) is 14.5 Å². The molecule has 6 heteroatoms. The Kier molecular flexibility index (Phi) is 4.07. The number of rotatable bonds is 3. The first-order valence-electron chi connectivity index (χ1n) is 7.93. The highest BCUT2D eigenvalue weighted by atomic mass is 16.2. The number of hydrogen-bond donors (Lipinski definition) is 1. The summed E-state index contributed by atoms with van der Waals surface area (Å²) in [4.78, 5) is 19.3. The van der Waals surface area contributed by atoms with Gasteiger partial charge in [0.15, 0.2) is 0 Å². The smallest absolute Gasteiger partial charge is 0.257 e. The number of aromatic nitrogens is 3. The van der Waals surface area contributed by atoms with Gasteiger partial charge in [-0.15, -0.1) is 0 Å². The Labute approximate surface area is 136 Å². The van der Waals surface area contributed by atoms with Crippen LogP contribution in [0, 0.1) is 13.8 Å². The lowest BCUT2D eigenvalue weighted by Gasteiger charge is -2.16. The molecule has 1 atom stereocenters. The third kappa shape index (κ3) is 3.06. The van der Waals surface area contributed by atoms with Crippen LogP contribution in [0.15, 0.2) is 18.3 Å². The standard InChI is InChI=1S/C17H23N5O/c1-11-7-14(18-3)8-16(19-11)13-5-6-22(9-13)17(23)15-10-21(4)20-12(15)2/h7-8,10,13H,5-6,9H2,1-4H3,(H,18,19). The molecule has 1 unspecified atom stereocenters. The van der Waals surface area contributed by atoms with E-state index < -0.39 is 0 Å². The maximum atomic E-state index is 12.7. The van der Waals surface area contributed by atoms with Crippen LogP contribution in [-0.4, -0.2) is 45.7 Å². The summed E-state index contributed by atoms with van der Waals surface area (Å²) in [5.74, 6) is 0.363. The predicted octanol–water partition coefficient (Wildman–Crippen LogP) is 2.10. The second-order valence-corrected chi connectivity index (χ2v) is 6.21. The number of hydrogen-bond acceptors (Lipinski definition) is 4. The fraction of sp³-hybridized carbons (Fsp3) is 0.471. The fourth-order valence-corrected chi connectivity index (χ4v) is 3.21. The first-order chi connectivity index (χ1) is 11.0. The van der Waals surface area contributed by atoms with Gasteiger partial charge >= 0.3 is 0 Å². The number of carbonyl (C=O) groups is 1. The Morgan fingerprint density at radius 1 is 1.35 bits per heavy atom. The van der Waals surface area contributed by atoms with Crippen molar-refractivity contribution in [2.24, 2.45) is 7.05 Å². The van der Waals surface area contributed by atoms with Crippen LogP contribution in [0.1, 0.15) is 39.8 Å². The molecule has 0 spiro atoms. The SMILES string of the molecule is CNc1cc(C)nc(C2CCN(C(=O)c3cn(C)nc3C)C2)c1. The van der Waals surface area contributed by atoms with Gasteiger partial charge in [-0.25, -0.2) is 0 Å². The van der Waals surface area contributed by atoms with Crippen LogP contribution in [0.4, 0.5) is 5.69 Å². The van der Waals surface area contributed by atoms with Gasteiger partial charge in [-0.2, -0.15) is 5.10 Å². The Morgan fingerprint density at radius 2 is 2.13 bits per heavy atom. The Balaban J connectivity index is 1.77. The van der Waals surface area contributed by atoms with Crippen molar-refractivity contribution in [3.8, 4) is 0 Å². The zero-order valence-corrected chi connectivity index (χ0v) is 14.1. The van der Waals surface area contributed by atoms with Gasteiger partial charge in [0.2, 0.25) is 0 Å². The molecule has 1 amide bonds. The molecule has 122 valence electrons. The number of pyridine rings is 1. The second kappa shape index (κ2) is 6.02. The maximum Gasteiger partial charge on any atom is 0.257 e. The number of amides is 1. The summed E-state index contributed by atoms with van der Waals surface area (Å²) in [5.41, 5.74) is 4.61. The number of carbonyl (C=O) groups excluding carboxylic acids is 1. The zero-order valence-electron chi connectivity index (χ0n) is 14.1. The highest BCUT2D eigenvalue weighted by Gasteiger charge is 2.30. The van der Waals surface area contributed by atoms with Crippen molar-refractivity contribution in [2.75, 3.05) is 25.5 Å². The van der Waals surface area contributed by atoms with E-state index in [2.05, 4.69) is 21.5 Å². The topological polar surface area (TPSA) is 63.1 Å². The van der Waals surface area contributed by atoms with E-state index in [9.17, 15) is 4.79 Å². The largest absolute Gasteiger partial charge is 0.388 e. The summed E-state index contributed by atoms with van der Waals surface area (Å²) in [6, 6.07) is 4.11. The van der Waals surface area contributed by atoms with Crippen molar-refractivity contribution in [1.29, 1.82) is 0 Å². The summed E-state index contributed by atoms with van der Waals surface area (Å²) < 4.78 is 1.69. The lowest BCUT2D eigenvalue weighted by Crippen LogP contribution is -2.28. The summed E-state index contributed by atoms with van der Waals surface area (Å²) in [6.45, 7) is 5.36. The van der Waals surface area contributed by atoms with Gasteiger partial charge < -0.3 is 10.2 Å². The molecule has 0 saturated carbocycles. The van der Waals surface area contributed by atoms with Gasteiger partial charge in [0, 0.05) is 56.4 Å². The molecule has 3 rings (SSSR count). The molecule has 23 heavy (non-hydrogen) atoms. The third-order valence-electron chi connectivity index (χ3n) is 4.40. The number of nitrogens with zero attached hydrogens (tertiary/aromatic N) is 4. The minimum atomic E-state index is 0.0691. The molecule has 1 saturated heterocycles. The van der Waals surface area contributed by atoms with Crippen LogP contribution < -0.4 is 5.32 Å². The van der Waals surface area contributed by atoms with E-state index in [1.165, 1.54) is 0 Å². The van der Waals surface area contributed by atoms with Crippen molar-refractivity contribution >= 4 is 11.6 Å². The summed E-state index contributed by atoms with van der Waals surface area (Å²) in [7, 11) is 3.75. The van der Waals surface area contributed by atoms with Crippen molar-refractivity contribution in [3.63, 3.8) is 0 Å². The molecule has 0 radical (unpaired) electrons.